The summed E-state index contributed by atoms with van der Waals surface area (Å²) in [5, 5.41) is 9.57. The van der Waals surface area contributed by atoms with E-state index in [1.807, 2.05) is 18.2 Å². The van der Waals surface area contributed by atoms with Gasteiger partial charge in [-0.3, -0.25) is 0 Å². The Hall–Kier alpha value is -0.860. The molecule has 1 aromatic rings. The van der Waals surface area contributed by atoms with E-state index in [0.717, 1.165) is 38.5 Å². The zero-order valence-corrected chi connectivity index (χ0v) is 10.3. The van der Waals surface area contributed by atoms with E-state index in [1.54, 1.807) is 0 Å². The second-order valence-corrected chi connectivity index (χ2v) is 4.93. The lowest BCUT2D eigenvalue weighted by atomic mass is 9.96. The largest absolute Gasteiger partial charge is 0.393 e. The fourth-order valence-corrected chi connectivity index (χ4v) is 2.41. The molecule has 0 amide bonds. The van der Waals surface area contributed by atoms with Crippen LogP contribution in [-0.2, 0) is 11.3 Å². The lowest BCUT2D eigenvalue weighted by molar-refractivity contribution is 0.0141. The number of aliphatic hydroxyl groups is 1. The van der Waals surface area contributed by atoms with Gasteiger partial charge in [0.15, 0.2) is 0 Å². The summed E-state index contributed by atoms with van der Waals surface area (Å²) in [7, 11) is 0. The molecule has 0 radical (unpaired) electrons. The minimum Gasteiger partial charge on any atom is -0.393 e. The third-order valence-corrected chi connectivity index (χ3v) is 3.46. The van der Waals surface area contributed by atoms with Gasteiger partial charge in [0.1, 0.15) is 0 Å². The van der Waals surface area contributed by atoms with E-state index in [9.17, 15) is 5.11 Å². The molecule has 2 nitrogen and oxygen atoms in total. The van der Waals surface area contributed by atoms with Crippen LogP contribution in [0.25, 0.3) is 0 Å². The third kappa shape index (κ3) is 4.49. The average molecular weight is 234 g/mol. The molecule has 0 saturated heterocycles. The molecule has 0 bridgehead atoms. The first kappa shape index (κ1) is 12.6. The van der Waals surface area contributed by atoms with Crippen molar-refractivity contribution in [1.29, 1.82) is 0 Å². The Morgan fingerprint density at radius 3 is 2.29 bits per heavy atom. The number of hydrogen-bond acceptors (Lipinski definition) is 2. The van der Waals surface area contributed by atoms with Gasteiger partial charge < -0.3 is 9.84 Å². The van der Waals surface area contributed by atoms with Crippen LogP contribution in [-0.4, -0.2) is 17.3 Å². The predicted octanol–water partition coefficient (Wildman–Crippen LogP) is 3.29. The maximum Gasteiger partial charge on any atom is 0.0720 e. The van der Waals surface area contributed by atoms with Gasteiger partial charge in [0.25, 0.3) is 0 Å². The molecule has 17 heavy (non-hydrogen) atoms. The van der Waals surface area contributed by atoms with Crippen LogP contribution >= 0.6 is 0 Å². The molecule has 0 aliphatic heterocycles. The van der Waals surface area contributed by atoms with E-state index in [2.05, 4.69) is 12.1 Å². The monoisotopic (exact) mass is 234 g/mol. The fourth-order valence-electron chi connectivity index (χ4n) is 2.41. The summed E-state index contributed by atoms with van der Waals surface area (Å²) < 4.78 is 5.96. The third-order valence-electron chi connectivity index (χ3n) is 3.46. The Morgan fingerprint density at radius 1 is 1.00 bits per heavy atom. The van der Waals surface area contributed by atoms with Gasteiger partial charge in [-0.1, -0.05) is 30.3 Å². The van der Waals surface area contributed by atoms with Gasteiger partial charge >= 0.3 is 0 Å². The van der Waals surface area contributed by atoms with Crippen molar-refractivity contribution in [3.8, 4) is 0 Å². The molecule has 0 heterocycles. The van der Waals surface area contributed by atoms with E-state index >= 15 is 0 Å². The summed E-state index contributed by atoms with van der Waals surface area (Å²) in [5.74, 6) is 0. The number of ether oxygens (including phenoxy) is 1. The van der Waals surface area contributed by atoms with Gasteiger partial charge in [0.05, 0.1) is 18.8 Å². The number of hydrogen-bond donors (Lipinski definition) is 1. The molecule has 0 unspecified atom stereocenters. The van der Waals surface area contributed by atoms with Crippen LogP contribution < -0.4 is 0 Å². The Bertz CT molecular complexity index is 300. The standard InChI is InChI=1S/C15H22O2/c16-14-8-4-10-15(11-5-9-14)17-12-13-6-2-1-3-7-13/h1-3,6-7,14-16H,4-5,8-12H2. The van der Waals surface area contributed by atoms with Crippen LogP contribution in [0.2, 0.25) is 0 Å². The van der Waals surface area contributed by atoms with Crippen molar-refractivity contribution in [2.45, 2.75) is 57.3 Å². The zero-order chi connectivity index (χ0) is 11.9. The molecular weight excluding hydrogens is 212 g/mol. The predicted molar refractivity (Wildman–Crippen MR) is 68.7 cm³/mol. The smallest absolute Gasteiger partial charge is 0.0720 e. The topological polar surface area (TPSA) is 29.5 Å². The Labute approximate surface area is 104 Å². The normalized spacial score (nSPS) is 26.2. The Balaban J connectivity index is 1.75. The summed E-state index contributed by atoms with van der Waals surface area (Å²) >= 11 is 0. The lowest BCUT2D eigenvalue weighted by Gasteiger charge is -2.22. The molecule has 1 aromatic carbocycles. The Morgan fingerprint density at radius 2 is 1.65 bits per heavy atom. The first-order chi connectivity index (χ1) is 8.34. The maximum absolute atomic E-state index is 9.57. The molecule has 0 aromatic heterocycles. The van der Waals surface area contributed by atoms with Crippen molar-refractivity contribution in [1.82, 2.24) is 0 Å². The molecule has 1 fully saturated rings. The van der Waals surface area contributed by atoms with E-state index in [-0.39, 0.29) is 6.10 Å². The molecule has 1 N–H and O–H groups in total. The minimum absolute atomic E-state index is 0.0786. The SMILES string of the molecule is OC1CCCC(OCc2ccccc2)CCC1. The highest BCUT2D eigenvalue weighted by Crippen LogP contribution is 2.20. The Kier molecular flexibility index (Phi) is 5.02. The first-order valence-electron chi connectivity index (χ1n) is 6.68. The van der Waals surface area contributed by atoms with Crippen molar-refractivity contribution in [3.05, 3.63) is 35.9 Å². The summed E-state index contributed by atoms with van der Waals surface area (Å²) in [6.45, 7) is 0.716. The number of aliphatic hydroxyl groups excluding tert-OH is 1. The molecule has 2 heteroatoms. The summed E-state index contributed by atoms with van der Waals surface area (Å²) in [6, 6.07) is 10.3. The molecule has 1 aliphatic rings. The van der Waals surface area contributed by atoms with E-state index in [0.29, 0.717) is 12.7 Å². The van der Waals surface area contributed by atoms with Gasteiger partial charge in [-0.05, 0) is 44.1 Å². The zero-order valence-electron chi connectivity index (χ0n) is 10.3. The average Bonchev–Trinajstić information content (AvgIpc) is 2.33. The van der Waals surface area contributed by atoms with Crippen LogP contribution in [0.5, 0.6) is 0 Å². The van der Waals surface area contributed by atoms with Crippen LogP contribution in [0.1, 0.15) is 44.1 Å². The first-order valence-corrected chi connectivity index (χ1v) is 6.68. The van der Waals surface area contributed by atoms with Crippen LogP contribution in [0.4, 0.5) is 0 Å². The van der Waals surface area contributed by atoms with Gasteiger partial charge in [-0.2, -0.15) is 0 Å². The van der Waals surface area contributed by atoms with Gasteiger partial charge in [0.2, 0.25) is 0 Å². The highest BCUT2D eigenvalue weighted by atomic mass is 16.5. The van der Waals surface area contributed by atoms with Crippen molar-refractivity contribution >= 4 is 0 Å². The van der Waals surface area contributed by atoms with Crippen LogP contribution in [0.3, 0.4) is 0 Å². The maximum atomic E-state index is 9.57. The van der Waals surface area contributed by atoms with E-state index < -0.39 is 0 Å². The molecule has 0 atom stereocenters. The second-order valence-electron chi connectivity index (χ2n) is 4.93. The van der Waals surface area contributed by atoms with Gasteiger partial charge in [0, 0.05) is 0 Å². The van der Waals surface area contributed by atoms with Crippen LogP contribution in [0.15, 0.2) is 30.3 Å². The van der Waals surface area contributed by atoms with Crippen LogP contribution in [0, 0.1) is 0 Å². The summed E-state index contributed by atoms with van der Waals surface area (Å²) in [6.07, 6.45) is 6.51. The molecule has 2 rings (SSSR count). The molecule has 1 saturated carbocycles. The van der Waals surface area contributed by atoms with Gasteiger partial charge in [-0.15, -0.1) is 0 Å². The fraction of sp³-hybridized carbons (Fsp3) is 0.600. The number of benzene rings is 1. The van der Waals surface area contributed by atoms with Crippen molar-refractivity contribution in [2.24, 2.45) is 0 Å². The summed E-state index contributed by atoms with van der Waals surface area (Å²) in [4.78, 5) is 0. The van der Waals surface area contributed by atoms with Crippen molar-refractivity contribution in [2.75, 3.05) is 0 Å². The van der Waals surface area contributed by atoms with Gasteiger partial charge in [-0.25, -0.2) is 0 Å². The number of rotatable bonds is 3. The van der Waals surface area contributed by atoms with E-state index in [4.69, 9.17) is 4.74 Å². The highest BCUT2D eigenvalue weighted by molar-refractivity contribution is 5.13. The second kappa shape index (κ2) is 6.77. The lowest BCUT2D eigenvalue weighted by Crippen LogP contribution is -2.18. The molecule has 0 spiro atoms. The highest BCUT2D eigenvalue weighted by Gasteiger charge is 2.15. The summed E-state index contributed by atoms with van der Waals surface area (Å²) in [5.41, 5.74) is 1.24. The molecule has 1 aliphatic carbocycles. The van der Waals surface area contributed by atoms with Crippen molar-refractivity contribution < 1.29 is 9.84 Å². The minimum atomic E-state index is -0.0786. The molecule has 94 valence electrons. The quantitative estimate of drug-likeness (QED) is 0.869. The van der Waals surface area contributed by atoms with Crippen molar-refractivity contribution in [3.63, 3.8) is 0 Å². The molecular formula is C15H22O2. The van der Waals surface area contributed by atoms with E-state index in [1.165, 1.54) is 5.56 Å².